The van der Waals surface area contributed by atoms with Gasteiger partial charge in [0.15, 0.2) is 0 Å². The number of hydrogen-bond acceptors (Lipinski definition) is 4. The molecule has 1 rings (SSSR count). The van der Waals surface area contributed by atoms with Gasteiger partial charge in [0, 0.05) is 12.7 Å². The fourth-order valence-corrected chi connectivity index (χ4v) is 1.48. The number of nitrogens with zero attached hydrogens (tertiary/aromatic N) is 2. The number of amides is 2. The molecule has 0 bridgehead atoms. The largest absolute Gasteiger partial charge is 0.481 e. The van der Waals surface area contributed by atoms with E-state index in [9.17, 15) is 9.59 Å². The highest BCUT2D eigenvalue weighted by Crippen LogP contribution is 2.04. The van der Waals surface area contributed by atoms with Gasteiger partial charge in [-0.3, -0.25) is 14.8 Å². The molecule has 0 aliphatic carbocycles. The van der Waals surface area contributed by atoms with Crippen LogP contribution in [-0.2, 0) is 11.3 Å². The standard InChI is InChI=1S/C13H20N4O3/c1-9(12(18)19)4-3-5-14-13(20)17-8-11-7-15-10(2)6-16-11/h6-7,9H,3-5,8H2,1-2H3,(H,18,19)(H2,14,17,20). The number of rotatable bonds is 7. The lowest BCUT2D eigenvalue weighted by atomic mass is 10.1. The van der Waals surface area contributed by atoms with E-state index in [-0.39, 0.29) is 11.9 Å². The Labute approximate surface area is 117 Å². The molecule has 2 amide bonds. The molecule has 0 saturated carbocycles. The van der Waals surface area contributed by atoms with E-state index >= 15 is 0 Å². The number of aliphatic carboxylic acids is 1. The van der Waals surface area contributed by atoms with E-state index in [0.717, 1.165) is 5.69 Å². The fraction of sp³-hybridized carbons (Fsp3) is 0.538. The quantitative estimate of drug-likeness (QED) is 0.648. The maximum atomic E-state index is 11.5. The minimum atomic E-state index is -0.813. The van der Waals surface area contributed by atoms with Crippen LogP contribution >= 0.6 is 0 Å². The molecule has 1 aromatic heterocycles. The topological polar surface area (TPSA) is 104 Å². The zero-order valence-electron chi connectivity index (χ0n) is 11.7. The predicted molar refractivity (Wildman–Crippen MR) is 73.0 cm³/mol. The summed E-state index contributed by atoms with van der Waals surface area (Å²) in [5.41, 5.74) is 1.51. The lowest BCUT2D eigenvalue weighted by Crippen LogP contribution is -2.36. The first-order chi connectivity index (χ1) is 9.49. The number of carboxylic acid groups (broad SMARTS) is 1. The maximum absolute atomic E-state index is 11.5. The van der Waals surface area contributed by atoms with Gasteiger partial charge >= 0.3 is 12.0 Å². The summed E-state index contributed by atoms with van der Waals surface area (Å²) in [6, 6.07) is -0.296. The molecule has 1 aromatic rings. The van der Waals surface area contributed by atoms with Crippen molar-refractivity contribution in [2.24, 2.45) is 5.92 Å². The monoisotopic (exact) mass is 280 g/mol. The van der Waals surface area contributed by atoms with E-state index in [2.05, 4.69) is 20.6 Å². The van der Waals surface area contributed by atoms with Crippen LogP contribution in [0.15, 0.2) is 12.4 Å². The van der Waals surface area contributed by atoms with E-state index in [1.165, 1.54) is 0 Å². The van der Waals surface area contributed by atoms with Crippen LogP contribution in [0.1, 0.15) is 31.2 Å². The molecule has 0 spiro atoms. The van der Waals surface area contributed by atoms with Crippen molar-refractivity contribution in [3.05, 3.63) is 23.8 Å². The Morgan fingerprint density at radius 3 is 2.65 bits per heavy atom. The van der Waals surface area contributed by atoms with Gasteiger partial charge in [-0.1, -0.05) is 6.92 Å². The van der Waals surface area contributed by atoms with Crippen molar-refractivity contribution in [1.29, 1.82) is 0 Å². The molecule has 0 aliphatic heterocycles. The Morgan fingerprint density at radius 1 is 1.30 bits per heavy atom. The molecule has 1 atom stereocenters. The molecule has 0 aromatic carbocycles. The lowest BCUT2D eigenvalue weighted by Gasteiger charge is -2.08. The second-order valence-corrected chi connectivity index (χ2v) is 4.64. The Balaban J connectivity index is 2.14. The first-order valence-corrected chi connectivity index (χ1v) is 6.51. The van der Waals surface area contributed by atoms with E-state index in [0.29, 0.717) is 31.6 Å². The summed E-state index contributed by atoms with van der Waals surface area (Å²) >= 11 is 0. The number of aryl methyl sites for hydroxylation is 1. The van der Waals surface area contributed by atoms with E-state index in [4.69, 9.17) is 5.11 Å². The van der Waals surface area contributed by atoms with Crippen LogP contribution in [0.2, 0.25) is 0 Å². The Hall–Kier alpha value is -2.18. The predicted octanol–water partition coefficient (Wildman–Crippen LogP) is 1.09. The van der Waals surface area contributed by atoms with Gasteiger partial charge in [0.25, 0.3) is 0 Å². The van der Waals surface area contributed by atoms with Crippen LogP contribution < -0.4 is 10.6 Å². The van der Waals surface area contributed by atoms with Crippen LogP contribution in [0.3, 0.4) is 0 Å². The first-order valence-electron chi connectivity index (χ1n) is 6.51. The van der Waals surface area contributed by atoms with Crippen molar-refractivity contribution < 1.29 is 14.7 Å². The van der Waals surface area contributed by atoms with E-state index in [1.54, 1.807) is 19.3 Å². The molecule has 0 fully saturated rings. The van der Waals surface area contributed by atoms with Crippen LogP contribution in [0.25, 0.3) is 0 Å². The van der Waals surface area contributed by atoms with Crippen molar-refractivity contribution in [2.75, 3.05) is 6.54 Å². The number of hydrogen-bond donors (Lipinski definition) is 3. The van der Waals surface area contributed by atoms with Gasteiger partial charge in [-0.25, -0.2) is 4.79 Å². The Kier molecular flexibility index (Phi) is 6.42. The fourth-order valence-electron chi connectivity index (χ4n) is 1.48. The molecule has 3 N–H and O–H groups in total. The van der Waals surface area contributed by atoms with Gasteiger partial charge in [0.1, 0.15) is 0 Å². The van der Waals surface area contributed by atoms with Crippen molar-refractivity contribution in [1.82, 2.24) is 20.6 Å². The number of carbonyl (C=O) groups is 2. The summed E-state index contributed by atoms with van der Waals surface area (Å²) < 4.78 is 0. The smallest absolute Gasteiger partial charge is 0.315 e. The summed E-state index contributed by atoms with van der Waals surface area (Å²) in [5, 5.41) is 14.0. The minimum Gasteiger partial charge on any atom is -0.481 e. The number of carboxylic acids is 1. The van der Waals surface area contributed by atoms with Crippen LogP contribution in [0.5, 0.6) is 0 Å². The normalized spacial score (nSPS) is 11.7. The second-order valence-electron chi connectivity index (χ2n) is 4.64. The molecule has 0 radical (unpaired) electrons. The molecule has 0 saturated heterocycles. The molecule has 1 unspecified atom stereocenters. The molecule has 20 heavy (non-hydrogen) atoms. The Morgan fingerprint density at radius 2 is 2.05 bits per heavy atom. The third kappa shape index (κ3) is 6.12. The second kappa shape index (κ2) is 8.08. The summed E-state index contributed by atoms with van der Waals surface area (Å²) in [5.74, 6) is -1.20. The molecule has 0 aliphatic rings. The maximum Gasteiger partial charge on any atom is 0.315 e. The van der Waals surface area contributed by atoms with Crippen molar-refractivity contribution >= 4 is 12.0 Å². The molecular formula is C13H20N4O3. The number of aromatic nitrogens is 2. The molecule has 1 heterocycles. The summed E-state index contributed by atoms with van der Waals surface area (Å²) in [6.45, 7) is 4.25. The zero-order chi connectivity index (χ0) is 15.0. The van der Waals surface area contributed by atoms with Crippen LogP contribution in [0, 0.1) is 12.8 Å². The average molecular weight is 280 g/mol. The average Bonchev–Trinajstić information content (AvgIpc) is 2.42. The van der Waals surface area contributed by atoms with E-state index in [1.807, 2.05) is 6.92 Å². The Bertz CT molecular complexity index is 447. The lowest BCUT2D eigenvalue weighted by molar-refractivity contribution is -0.141. The highest BCUT2D eigenvalue weighted by molar-refractivity contribution is 5.73. The SMILES string of the molecule is Cc1cnc(CNC(=O)NCCCC(C)C(=O)O)cn1. The third-order valence-corrected chi connectivity index (χ3v) is 2.79. The molecule has 110 valence electrons. The first kappa shape index (κ1) is 15.9. The molecule has 7 nitrogen and oxygen atoms in total. The van der Waals surface area contributed by atoms with Gasteiger partial charge < -0.3 is 15.7 Å². The van der Waals surface area contributed by atoms with Gasteiger partial charge in [-0.2, -0.15) is 0 Å². The van der Waals surface area contributed by atoms with Crippen LogP contribution in [-0.4, -0.2) is 33.6 Å². The zero-order valence-corrected chi connectivity index (χ0v) is 11.7. The highest BCUT2D eigenvalue weighted by Gasteiger charge is 2.10. The van der Waals surface area contributed by atoms with Gasteiger partial charge in [0.2, 0.25) is 0 Å². The van der Waals surface area contributed by atoms with Gasteiger partial charge in [-0.15, -0.1) is 0 Å². The highest BCUT2D eigenvalue weighted by atomic mass is 16.4. The summed E-state index contributed by atoms with van der Waals surface area (Å²) in [4.78, 5) is 30.3. The molecular weight excluding hydrogens is 260 g/mol. The van der Waals surface area contributed by atoms with Gasteiger partial charge in [0.05, 0.1) is 30.0 Å². The van der Waals surface area contributed by atoms with Crippen molar-refractivity contribution in [3.8, 4) is 0 Å². The number of carbonyl (C=O) groups excluding carboxylic acids is 1. The van der Waals surface area contributed by atoms with Gasteiger partial charge in [-0.05, 0) is 19.8 Å². The number of nitrogens with one attached hydrogen (secondary N) is 2. The van der Waals surface area contributed by atoms with Crippen LogP contribution in [0.4, 0.5) is 4.79 Å². The number of urea groups is 1. The van der Waals surface area contributed by atoms with Crippen molar-refractivity contribution in [2.45, 2.75) is 33.2 Å². The minimum absolute atomic E-state index is 0.296. The third-order valence-electron chi connectivity index (χ3n) is 2.79. The summed E-state index contributed by atoms with van der Waals surface area (Å²) in [7, 11) is 0. The molecule has 7 heteroatoms. The summed E-state index contributed by atoms with van der Waals surface area (Å²) in [6.07, 6.45) is 4.43. The van der Waals surface area contributed by atoms with E-state index < -0.39 is 5.97 Å². The van der Waals surface area contributed by atoms with Crippen molar-refractivity contribution in [3.63, 3.8) is 0 Å².